The van der Waals surface area contributed by atoms with Gasteiger partial charge in [-0.15, -0.1) is 11.8 Å². The van der Waals surface area contributed by atoms with Crippen LogP contribution in [0.5, 0.6) is 0 Å². The first kappa shape index (κ1) is 14.3. The molecule has 0 radical (unpaired) electrons. The second-order valence-corrected chi connectivity index (χ2v) is 5.86. The van der Waals surface area contributed by atoms with Gasteiger partial charge in [0.1, 0.15) is 0 Å². The van der Waals surface area contributed by atoms with Gasteiger partial charge in [0.15, 0.2) is 9.84 Å². The molecule has 0 aromatic heterocycles. The summed E-state index contributed by atoms with van der Waals surface area (Å²) in [6, 6.07) is 4.09. The van der Waals surface area contributed by atoms with E-state index in [4.69, 9.17) is 5.11 Å². The predicted octanol–water partition coefficient (Wildman–Crippen LogP) is 1.88. The number of rotatable bonds is 4. The van der Waals surface area contributed by atoms with Crippen LogP contribution in [0.25, 0.3) is 0 Å². The monoisotopic (exact) mass is 266 g/mol. The number of hydrogen-bond donors (Lipinski definition) is 1. The summed E-state index contributed by atoms with van der Waals surface area (Å²) in [6.45, 7) is 3.28. The van der Waals surface area contributed by atoms with Crippen molar-refractivity contribution in [3.63, 3.8) is 0 Å². The molecule has 1 aromatic carbocycles. The lowest BCUT2D eigenvalue weighted by Crippen LogP contribution is -2.10. The fourth-order valence-electron chi connectivity index (χ4n) is 1.49. The molecule has 0 aliphatic rings. The molecule has 0 amide bonds. The molecular formula is C13H14O4S. The quantitative estimate of drug-likeness (QED) is 0.845. The van der Waals surface area contributed by atoms with Gasteiger partial charge in [-0.25, -0.2) is 13.2 Å². The highest BCUT2D eigenvalue weighted by molar-refractivity contribution is 7.91. The molecule has 0 bridgehead atoms. The van der Waals surface area contributed by atoms with E-state index in [2.05, 4.69) is 11.8 Å². The van der Waals surface area contributed by atoms with Gasteiger partial charge in [0.25, 0.3) is 0 Å². The lowest BCUT2D eigenvalue weighted by Gasteiger charge is -2.07. The average Bonchev–Trinajstić information content (AvgIpc) is 2.29. The summed E-state index contributed by atoms with van der Waals surface area (Å²) in [5.41, 5.74) is 0.519. The smallest absolute Gasteiger partial charge is 0.335 e. The molecule has 0 spiro atoms. The van der Waals surface area contributed by atoms with E-state index < -0.39 is 15.8 Å². The van der Waals surface area contributed by atoms with Crippen LogP contribution < -0.4 is 0 Å². The van der Waals surface area contributed by atoms with E-state index in [1.807, 2.05) is 0 Å². The molecule has 0 saturated carbocycles. The van der Waals surface area contributed by atoms with Crippen molar-refractivity contribution >= 4 is 15.8 Å². The Hall–Kier alpha value is -1.80. The second-order valence-electron chi connectivity index (χ2n) is 3.78. The first-order valence-corrected chi connectivity index (χ1v) is 7.00. The Balaban J connectivity index is 3.17. The largest absolute Gasteiger partial charge is 0.478 e. The zero-order valence-corrected chi connectivity index (χ0v) is 11.0. The zero-order chi connectivity index (χ0) is 13.8. The maximum atomic E-state index is 12.0. The SMILES string of the molecule is CC#CCCS(=O)(=O)c1cc(C(=O)O)ccc1C. The number of hydrogen-bond acceptors (Lipinski definition) is 3. The Labute approximate surface area is 107 Å². The normalized spacial score (nSPS) is 10.6. The third kappa shape index (κ3) is 3.34. The van der Waals surface area contributed by atoms with E-state index in [1.54, 1.807) is 13.8 Å². The first-order chi connectivity index (χ1) is 8.38. The third-order valence-corrected chi connectivity index (χ3v) is 4.29. The Morgan fingerprint density at radius 3 is 2.61 bits per heavy atom. The van der Waals surface area contributed by atoms with E-state index in [0.29, 0.717) is 5.56 Å². The molecule has 0 atom stereocenters. The number of aryl methyl sites for hydroxylation is 1. The molecule has 5 heteroatoms. The Morgan fingerprint density at radius 1 is 1.39 bits per heavy atom. The average molecular weight is 266 g/mol. The van der Waals surface area contributed by atoms with E-state index in [-0.39, 0.29) is 22.6 Å². The number of carboxylic acids is 1. The van der Waals surface area contributed by atoms with Crippen molar-refractivity contribution in [1.29, 1.82) is 0 Å². The van der Waals surface area contributed by atoms with Crippen LogP contribution in [0.3, 0.4) is 0 Å². The van der Waals surface area contributed by atoms with Crippen LogP contribution in [0, 0.1) is 18.8 Å². The lowest BCUT2D eigenvalue weighted by atomic mass is 10.1. The summed E-state index contributed by atoms with van der Waals surface area (Å²) >= 11 is 0. The van der Waals surface area contributed by atoms with Crippen LogP contribution in [-0.4, -0.2) is 25.2 Å². The van der Waals surface area contributed by atoms with Gasteiger partial charge in [0.05, 0.1) is 16.2 Å². The van der Waals surface area contributed by atoms with Gasteiger partial charge in [-0.3, -0.25) is 0 Å². The van der Waals surface area contributed by atoms with Crippen molar-refractivity contribution in [1.82, 2.24) is 0 Å². The minimum absolute atomic E-state index is 0.0271. The van der Waals surface area contributed by atoms with Crippen molar-refractivity contribution in [3.05, 3.63) is 29.3 Å². The van der Waals surface area contributed by atoms with Gasteiger partial charge >= 0.3 is 5.97 Å². The number of carboxylic acid groups (broad SMARTS) is 1. The fourth-order valence-corrected chi connectivity index (χ4v) is 2.94. The summed E-state index contributed by atoms with van der Waals surface area (Å²) in [6.07, 6.45) is 0.246. The molecule has 1 aromatic rings. The molecule has 0 heterocycles. The van der Waals surface area contributed by atoms with Crippen LogP contribution in [0.1, 0.15) is 29.3 Å². The number of sulfone groups is 1. The van der Waals surface area contributed by atoms with Gasteiger partial charge in [-0.1, -0.05) is 6.07 Å². The van der Waals surface area contributed by atoms with E-state index in [0.717, 1.165) is 0 Å². The molecule has 1 rings (SSSR count). The Bertz CT molecular complexity index is 618. The highest BCUT2D eigenvalue weighted by atomic mass is 32.2. The topological polar surface area (TPSA) is 71.4 Å². The van der Waals surface area contributed by atoms with Crippen molar-refractivity contribution in [2.24, 2.45) is 0 Å². The van der Waals surface area contributed by atoms with Crippen molar-refractivity contribution in [2.45, 2.75) is 25.2 Å². The molecule has 1 N–H and O–H groups in total. The van der Waals surface area contributed by atoms with Crippen LogP contribution in [0.4, 0.5) is 0 Å². The highest BCUT2D eigenvalue weighted by Gasteiger charge is 2.18. The molecule has 0 saturated heterocycles. The standard InChI is InChI=1S/C13H14O4S/c1-3-4-5-8-18(16,17)12-9-11(13(14)15)7-6-10(12)2/h6-7,9H,5,8H2,1-2H3,(H,14,15). The van der Waals surface area contributed by atoms with Gasteiger partial charge in [-0.2, -0.15) is 0 Å². The number of benzene rings is 1. The van der Waals surface area contributed by atoms with Crippen LogP contribution in [-0.2, 0) is 9.84 Å². The van der Waals surface area contributed by atoms with Crippen LogP contribution in [0.2, 0.25) is 0 Å². The second kappa shape index (κ2) is 5.69. The van der Waals surface area contributed by atoms with Gasteiger partial charge < -0.3 is 5.11 Å². The predicted molar refractivity (Wildman–Crippen MR) is 68.3 cm³/mol. The van der Waals surface area contributed by atoms with Gasteiger partial charge in [0, 0.05) is 6.42 Å². The lowest BCUT2D eigenvalue weighted by molar-refractivity contribution is 0.0696. The Morgan fingerprint density at radius 2 is 2.06 bits per heavy atom. The first-order valence-electron chi connectivity index (χ1n) is 5.35. The molecule has 18 heavy (non-hydrogen) atoms. The summed E-state index contributed by atoms with van der Waals surface area (Å²) < 4.78 is 24.1. The molecule has 96 valence electrons. The molecule has 0 unspecified atom stereocenters. The van der Waals surface area contributed by atoms with Crippen LogP contribution >= 0.6 is 0 Å². The summed E-state index contributed by atoms with van der Waals surface area (Å²) in [4.78, 5) is 10.9. The molecule has 0 aliphatic heterocycles. The van der Waals surface area contributed by atoms with Gasteiger partial charge in [0.2, 0.25) is 0 Å². The van der Waals surface area contributed by atoms with Crippen LogP contribution in [0.15, 0.2) is 23.1 Å². The van der Waals surface area contributed by atoms with Crippen molar-refractivity contribution in [2.75, 3.05) is 5.75 Å². The highest BCUT2D eigenvalue weighted by Crippen LogP contribution is 2.19. The summed E-state index contributed by atoms with van der Waals surface area (Å²) in [5, 5.41) is 8.86. The van der Waals surface area contributed by atoms with Gasteiger partial charge in [-0.05, 0) is 31.5 Å². The summed E-state index contributed by atoms with van der Waals surface area (Å²) in [7, 11) is -3.49. The van der Waals surface area contributed by atoms with Crippen molar-refractivity contribution < 1.29 is 18.3 Å². The minimum Gasteiger partial charge on any atom is -0.478 e. The maximum Gasteiger partial charge on any atom is 0.335 e. The number of carbonyl (C=O) groups is 1. The Kier molecular flexibility index (Phi) is 4.51. The molecule has 0 aliphatic carbocycles. The molecular weight excluding hydrogens is 252 g/mol. The van der Waals surface area contributed by atoms with E-state index >= 15 is 0 Å². The summed E-state index contributed by atoms with van der Waals surface area (Å²) in [5.74, 6) is 4.07. The molecule has 0 fully saturated rings. The molecule has 4 nitrogen and oxygen atoms in total. The fraction of sp³-hybridized carbons (Fsp3) is 0.308. The van der Waals surface area contributed by atoms with E-state index in [1.165, 1.54) is 18.2 Å². The maximum absolute atomic E-state index is 12.0. The van der Waals surface area contributed by atoms with Crippen molar-refractivity contribution in [3.8, 4) is 11.8 Å². The minimum atomic E-state index is -3.49. The zero-order valence-electron chi connectivity index (χ0n) is 10.2. The van der Waals surface area contributed by atoms with E-state index in [9.17, 15) is 13.2 Å². The number of aromatic carboxylic acids is 1. The third-order valence-electron chi connectivity index (χ3n) is 2.44.